The lowest BCUT2D eigenvalue weighted by Gasteiger charge is -2.24. The van der Waals surface area contributed by atoms with Crippen molar-refractivity contribution in [2.45, 2.75) is 32.4 Å². The summed E-state index contributed by atoms with van der Waals surface area (Å²) in [4.78, 5) is 24.5. The van der Waals surface area contributed by atoms with E-state index in [1.165, 1.54) is 4.90 Å². The summed E-state index contributed by atoms with van der Waals surface area (Å²) < 4.78 is 0. The quantitative estimate of drug-likeness (QED) is 0.798. The number of carbonyl (C=O) groups excluding carboxylic acids is 2. The molecule has 1 saturated heterocycles. The van der Waals surface area contributed by atoms with Crippen LogP contribution in [0.2, 0.25) is 0 Å². The van der Waals surface area contributed by atoms with Crippen molar-refractivity contribution in [3.8, 4) is 0 Å². The lowest BCUT2D eigenvalue weighted by Crippen LogP contribution is -2.39. The molecule has 0 saturated carbocycles. The highest BCUT2D eigenvalue weighted by molar-refractivity contribution is 5.97. The van der Waals surface area contributed by atoms with Crippen LogP contribution in [0.4, 0.5) is 0 Å². The summed E-state index contributed by atoms with van der Waals surface area (Å²) in [6.07, 6.45) is 1.58. The van der Waals surface area contributed by atoms with Gasteiger partial charge in [0.15, 0.2) is 0 Å². The molecule has 0 radical (unpaired) electrons. The molecule has 90 valence electrons. The number of hydrogen-bond acceptors (Lipinski definition) is 3. The minimum atomic E-state index is -0.0903. The van der Waals surface area contributed by atoms with Crippen molar-refractivity contribution in [1.29, 1.82) is 0 Å². The van der Waals surface area contributed by atoms with Gasteiger partial charge in [0.2, 0.25) is 11.8 Å². The van der Waals surface area contributed by atoms with Crippen molar-refractivity contribution in [2.24, 2.45) is 0 Å². The van der Waals surface area contributed by atoms with Gasteiger partial charge in [-0.25, -0.2) is 0 Å². The van der Waals surface area contributed by atoms with Crippen molar-refractivity contribution in [1.82, 2.24) is 4.90 Å². The van der Waals surface area contributed by atoms with Crippen LogP contribution >= 0.6 is 0 Å². The largest absolute Gasteiger partial charge is 0.392 e. The second-order valence-corrected chi connectivity index (χ2v) is 4.20. The van der Waals surface area contributed by atoms with Crippen LogP contribution < -0.4 is 0 Å². The maximum atomic E-state index is 11.6. The van der Waals surface area contributed by atoms with Gasteiger partial charge in [0.05, 0.1) is 13.2 Å². The lowest BCUT2D eigenvalue weighted by molar-refractivity contribution is -0.148. The van der Waals surface area contributed by atoms with E-state index in [9.17, 15) is 9.59 Å². The molecule has 0 bridgehead atoms. The van der Waals surface area contributed by atoms with E-state index in [4.69, 9.17) is 5.11 Å². The summed E-state index contributed by atoms with van der Waals surface area (Å²) in [5, 5.41) is 8.92. The van der Waals surface area contributed by atoms with Crippen molar-refractivity contribution in [3.05, 3.63) is 35.4 Å². The van der Waals surface area contributed by atoms with Crippen LogP contribution in [0.3, 0.4) is 0 Å². The highest BCUT2D eigenvalue weighted by atomic mass is 16.3. The zero-order valence-electron chi connectivity index (χ0n) is 9.56. The van der Waals surface area contributed by atoms with Crippen molar-refractivity contribution >= 4 is 11.8 Å². The first kappa shape index (κ1) is 11.8. The van der Waals surface area contributed by atoms with Gasteiger partial charge in [-0.2, -0.15) is 0 Å². The van der Waals surface area contributed by atoms with Gasteiger partial charge in [-0.1, -0.05) is 24.3 Å². The van der Waals surface area contributed by atoms with Crippen molar-refractivity contribution in [3.63, 3.8) is 0 Å². The number of imide groups is 1. The first-order chi connectivity index (χ1) is 8.20. The first-order valence-electron chi connectivity index (χ1n) is 5.72. The van der Waals surface area contributed by atoms with E-state index in [1.807, 2.05) is 12.1 Å². The van der Waals surface area contributed by atoms with Crippen molar-refractivity contribution in [2.75, 3.05) is 0 Å². The summed E-state index contributed by atoms with van der Waals surface area (Å²) in [5.41, 5.74) is 1.73. The Bertz CT molecular complexity index is 409. The Morgan fingerprint density at radius 1 is 1.00 bits per heavy atom. The molecule has 1 aliphatic rings. The predicted molar refractivity (Wildman–Crippen MR) is 61.8 cm³/mol. The minimum absolute atomic E-state index is 0.00184. The van der Waals surface area contributed by atoms with Crippen LogP contribution in [0.25, 0.3) is 0 Å². The average molecular weight is 233 g/mol. The number of carbonyl (C=O) groups is 2. The topological polar surface area (TPSA) is 57.6 Å². The average Bonchev–Trinajstić information content (AvgIpc) is 2.35. The Balaban J connectivity index is 2.08. The molecule has 0 unspecified atom stereocenters. The second kappa shape index (κ2) is 5.10. The summed E-state index contributed by atoms with van der Waals surface area (Å²) in [6, 6.07) is 7.27. The number of nitrogens with zero attached hydrogens (tertiary/aromatic N) is 1. The third kappa shape index (κ3) is 2.71. The number of amides is 2. The maximum Gasteiger partial charge on any atom is 0.229 e. The third-order valence-corrected chi connectivity index (χ3v) is 2.93. The van der Waals surface area contributed by atoms with Gasteiger partial charge in [0.1, 0.15) is 0 Å². The zero-order chi connectivity index (χ0) is 12.3. The molecule has 0 atom stereocenters. The molecule has 1 heterocycles. The molecule has 0 aromatic heterocycles. The fourth-order valence-corrected chi connectivity index (χ4v) is 1.91. The molecule has 1 aliphatic heterocycles. The third-order valence-electron chi connectivity index (χ3n) is 2.93. The number of aliphatic hydroxyl groups excluding tert-OH is 1. The van der Waals surface area contributed by atoms with Crippen LogP contribution in [-0.4, -0.2) is 21.8 Å². The van der Waals surface area contributed by atoms with Crippen LogP contribution in [0.5, 0.6) is 0 Å². The maximum absolute atomic E-state index is 11.6. The zero-order valence-corrected chi connectivity index (χ0v) is 9.56. The van der Waals surface area contributed by atoms with Crippen LogP contribution in [0.15, 0.2) is 24.3 Å². The molecule has 1 N–H and O–H groups in total. The van der Waals surface area contributed by atoms with Gasteiger partial charge >= 0.3 is 0 Å². The van der Waals surface area contributed by atoms with Gasteiger partial charge in [0, 0.05) is 12.8 Å². The summed E-state index contributed by atoms with van der Waals surface area (Å²) in [6.45, 7) is 0.339. The normalized spacial score (nSPS) is 16.4. The van der Waals surface area contributed by atoms with Gasteiger partial charge in [0.25, 0.3) is 0 Å². The molecule has 0 aliphatic carbocycles. The molecule has 1 aromatic carbocycles. The minimum Gasteiger partial charge on any atom is -0.392 e. The number of hydrogen-bond donors (Lipinski definition) is 1. The Labute approximate surface area is 99.9 Å². The number of rotatable bonds is 3. The Hall–Kier alpha value is -1.68. The molecule has 1 aromatic rings. The van der Waals surface area contributed by atoms with E-state index in [0.717, 1.165) is 11.1 Å². The molecule has 4 nitrogen and oxygen atoms in total. The molecule has 4 heteroatoms. The molecule has 2 amide bonds. The van der Waals surface area contributed by atoms with Gasteiger partial charge in [-0.15, -0.1) is 0 Å². The summed E-state index contributed by atoms with van der Waals surface area (Å²) in [5.74, 6) is -0.181. The van der Waals surface area contributed by atoms with E-state index < -0.39 is 0 Å². The van der Waals surface area contributed by atoms with Crippen molar-refractivity contribution < 1.29 is 14.7 Å². The summed E-state index contributed by atoms with van der Waals surface area (Å²) in [7, 11) is 0. The van der Waals surface area contributed by atoms with Gasteiger partial charge in [-0.3, -0.25) is 14.5 Å². The molecule has 0 spiro atoms. The van der Waals surface area contributed by atoms with Crippen LogP contribution in [0.1, 0.15) is 30.4 Å². The van der Waals surface area contributed by atoms with Crippen LogP contribution in [0, 0.1) is 0 Å². The SMILES string of the molecule is O=C1CCCC(=O)N1Cc1ccc(CO)cc1. The fourth-order valence-electron chi connectivity index (χ4n) is 1.91. The Kier molecular flexibility index (Phi) is 3.54. The smallest absolute Gasteiger partial charge is 0.229 e. The highest BCUT2D eigenvalue weighted by Gasteiger charge is 2.25. The lowest BCUT2D eigenvalue weighted by atomic mass is 10.1. The van der Waals surface area contributed by atoms with Gasteiger partial charge in [-0.05, 0) is 17.5 Å². The van der Waals surface area contributed by atoms with E-state index in [-0.39, 0.29) is 18.4 Å². The molecular formula is C13H15NO3. The fraction of sp³-hybridized carbons (Fsp3) is 0.385. The molecular weight excluding hydrogens is 218 g/mol. The van der Waals surface area contributed by atoms with E-state index in [1.54, 1.807) is 12.1 Å². The van der Waals surface area contributed by atoms with E-state index in [0.29, 0.717) is 25.8 Å². The highest BCUT2D eigenvalue weighted by Crippen LogP contribution is 2.16. The number of piperidine rings is 1. The van der Waals surface area contributed by atoms with Gasteiger partial charge < -0.3 is 5.11 Å². The molecule has 2 rings (SSSR count). The standard InChI is InChI=1S/C13H15NO3/c15-9-11-6-4-10(5-7-11)8-14-12(16)2-1-3-13(14)17/h4-7,15H,1-3,8-9H2. The Morgan fingerprint density at radius 2 is 1.53 bits per heavy atom. The van der Waals surface area contributed by atoms with E-state index in [2.05, 4.69) is 0 Å². The summed E-state index contributed by atoms with van der Waals surface area (Å²) >= 11 is 0. The number of aliphatic hydroxyl groups is 1. The monoisotopic (exact) mass is 233 g/mol. The molecule has 17 heavy (non-hydrogen) atoms. The number of likely N-dealkylation sites (tertiary alicyclic amines) is 1. The second-order valence-electron chi connectivity index (χ2n) is 4.20. The van der Waals surface area contributed by atoms with E-state index >= 15 is 0 Å². The number of benzene rings is 1. The first-order valence-corrected chi connectivity index (χ1v) is 5.72. The predicted octanol–water partition coefficient (Wildman–Crippen LogP) is 1.22. The van der Waals surface area contributed by atoms with Crippen LogP contribution in [-0.2, 0) is 22.7 Å². The Morgan fingerprint density at radius 3 is 2.06 bits per heavy atom. The molecule has 1 fully saturated rings.